The number of nitrogens with one attached hydrogen (secondary N) is 2. The number of carbonyl (C=O) groups excluding carboxylic acids is 4. The van der Waals surface area contributed by atoms with E-state index in [1.54, 1.807) is 4.90 Å². The molecule has 20 heteroatoms. The van der Waals surface area contributed by atoms with Gasteiger partial charge in [-0.15, -0.1) is 26.3 Å². The summed E-state index contributed by atoms with van der Waals surface area (Å²) in [6, 6.07) is 44.0. The second-order valence-electron chi connectivity index (χ2n) is 18.9. The van der Waals surface area contributed by atoms with Gasteiger partial charge in [-0.25, -0.2) is 9.59 Å². The number of amides is 4. The average Bonchev–Trinajstić information content (AvgIpc) is 3.44. The van der Waals surface area contributed by atoms with E-state index < -0.39 is 30.5 Å². The number of nitrogens with zero attached hydrogens (tertiary/aromatic N) is 6. The fourth-order valence-electron chi connectivity index (χ4n) is 8.51. The van der Waals surface area contributed by atoms with E-state index in [1.165, 1.54) is 51.9 Å². The van der Waals surface area contributed by atoms with Crippen molar-refractivity contribution in [3.63, 3.8) is 0 Å². The molecule has 0 radical (unpaired) electrons. The molecule has 0 saturated carbocycles. The first-order chi connectivity index (χ1) is 37.2. The number of hydrogen-bond donors (Lipinski definition) is 2. The summed E-state index contributed by atoms with van der Waals surface area (Å²) < 4.78 is 80.0. The van der Waals surface area contributed by atoms with Crippen molar-refractivity contribution in [2.75, 3.05) is 59.7 Å². The van der Waals surface area contributed by atoms with E-state index in [9.17, 15) is 45.5 Å². The molecule has 0 fully saturated rings. The SMILES string of the molecule is CN(C)CCN(Cc1ccccc1)C(=O)[C@@H]1Cc2ccccc2CN1.CN(C)CCN(Cc1ccccc1)C(=O)[C@@H]1Cc2ccccc2CN1C(=O)Nc1ccc(OC(F)(F)F)cc1.O=C=Nc1ccc(OC(F)(F)F)cc1. The van der Waals surface area contributed by atoms with E-state index in [4.69, 9.17) is 0 Å². The number of halogens is 6. The number of anilines is 1. The van der Waals surface area contributed by atoms with E-state index in [0.29, 0.717) is 32.6 Å². The summed E-state index contributed by atoms with van der Waals surface area (Å²) in [7, 11) is 7.96. The minimum Gasteiger partial charge on any atom is -0.406 e. The summed E-state index contributed by atoms with van der Waals surface area (Å²) in [4.78, 5) is 63.0. The van der Waals surface area contributed by atoms with Crippen LogP contribution in [0.3, 0.4) is 0 Å². The summed E-state index contributed by atoms with van der Waals surface area (Å²) in [6.45, 7) is 4.78. The number of alkyl halides is 6. The zero-order chi connectivity index (χ0) is 56.2. The van der Waals surface area contributed by atoms with Crippen LogP contribution in [-0.2, 0) is 53.4 Å². The van der Waals surface area contributed by atoms with Gasteiger partial charge in [-0.05, 0) is 117 Å². The Kier molecular flexibility index (Phi) is 21.5. The molecular weight excluding hydrogens is 1020 g/mol. The molecule has 8 rings (SSSR count). The molecule has 2 aliphatic rings. The van der Waals surface area contributed by atoms with Crippen LogP contribution in [0.1, 0.15) is 33.4 Å². The fraction of sp³-hybridized carbons (Fsp3) is 0.310. The lowest BCUT2D eigenvalue weighted by Crippen LogP contribution is -2.55. The lowest BCUT2D eigenvalue weighted by atomic mass is 9.93. The zero-order valence-electron chi connectivity index (χ0n) is 43.6. The van der Waals surface area contributed by atoms with E-state index in [-0.39, 0.29) is 41.5 Å². The molecule has 0 aromatic heterocycles. The first-order valence-electron chi connectivity index (χ1n) is 24.9. The first-order valence-corrected chi connectivity index (χ1v) is 24.9. The maximum absolute atomic E-state index is 14.0. The van der Waals surface area contributed by atoms with Crippen molar-refractivity contribution in [1.82, 2.24) is 29.8 Å². The molecule has 2 heterocycles. The van der Waals surface area contributed by atoms with Crippen molar-refractivity contribution in [3.8, 4) is 11.5 Å². The molecule has 2 N–H and O–H groups in total. The Balaban J connectivity index is 0.000000214. The van der Waals surface area contributed by atoms with E-state index in [2.05, 4.69) is 66.4 Å². The van der Waals surface area contributed by atoms with E-state index >= 15 is 0 Å². The van der Waals surface area contributed by atoms with Crippen molar-refractivity contribution < 1.29 is 55.0 Å². The Morgan fingerprint density at radius 3 is 1.53 bits per heavy atom. The number of rotatable bonds is 16. The van der Waals surface area contributed by atoms with Crippen molar-refractivity contribution in [1.29, 1.82) is 0 Å². The van der Waals surface area contributed by atoms with Gasteiger partial charge in [0.25, 0.3) is 0 Å². The molecule has 0 aliphatic carbocycles. The van der Waals surface area contributed by atoms with Gasteiger partial charge < -0.3 is 44.6 Å². The van der Waals surface area contributed by atoms with Gasteiger partial charge in [0.1, 0.15) is 17.5 Å². The molecule has 2 aliphatic heterocycles. The van der Waals surface area contributed by atoms with Crippen LogP contribution in [0.15, 0.2) is 163 Å². The Labute approximate surface area is 449 Å². The van der Waals surface area contributed by atoms with Gasteiger partial charge >= 0.3 is 18.8 Å². The predicted molar refractivity (Wildman–Crippen MR) is 284 cm³/mol. The average molecular weight is 1080 g/mol. The van der Waals surface area contributed by atoms with Gasteiger partial charge in [-0.2, -0.15) is 4.99 Å². The molecule has 0 bridgehead atoms. The van der Waals surface area contributed by atoms with Crippen LogP contribution in [0.2, 0.25) is 0 Å². The highest BCUT2D eigenvalue weighted by atomic mass is 19.4. The van der Waals surface area contributed by atoms with Crippen molar-refractivity contribution in [3.05, 3.63) is 191 Å². The highest BCUT2D eigenvalue weighted by molar-refractivity contribution is 5.94. The number of ether oxygens (including phenoxy) is 2. The van der Waals surface area contributed by atoms with Crippen molar-refractivity contribution >= 4 is 35.3 Å². The third-order valence-corrected chi connectivity index (χ3v) is 12.4. The number of isocyanates is 1. The number of urea groups is 1. The first kappa shape index (κ1) is 59.2. The normalized spacial score (nSPS) is 14.7. The largest absolute Gasteiger partial charge is 0.573 e. The summed E-state index contributed by atoms with van der Waals surface area (Å²) in [5.41, 5.74) is 7.18. The third kappa shape index (κ3) is 19.2. The summed E-state index contributed by atoms with van der Waals surface area (Å²) in [6.07, 6.45) is -7.14. The van der Waals surface area contributed by atoms with Crippen LogP contribution in [-0.4, -0.2) is 128 Å². The molecule has 412 valence electrons. The van der Waals surface area contributed by atoms with Crippen molar-refractivity contribution in [2.45, 2.75) is 63.8 Å². The predicted octanol–water partition coefficient (Wildman–Crippen LogP) is 9.98. The summed E-state index contributed by atoms with van der Waals surface area (Å²) >= 11 is 0. The number of likely N-dealkylation sites (N-methyl/N-ethyl adjacent to an activating group) is 2. The maximum Gasteiger partial charge on any atom is 0.573 e. The number of hydrogen-bond acceptors (Lipinski definition) is 10. The summed E-state index contributed by atoms with van der Waals surface area (Å²) in [5.74, 6) is -0.722. The van der Waals surface area contributed by atoms with Crippen LogP contribution in [0.5, 0.6) is 11.5 Å². The molecular formula is C58H62F6N8O6. The molecule has 0 saturated heterocycles. The lowest BCUT2D eigenvalue weighted by Gasteiger charge is -2.39. The topological polar surface area (TPSA) is 139 Å². The highest BCUT2D eigenvalue weighted by Gasteiger charge is 2.38. The Bertz CT molecular complexity index is 2910. The monoisotopic (exact) mass is 1080 g/mol. The van der Waals surface area contributed by atoms with Gasteiger partial charge in [-0.1, -0.05) is 109 Å². The number of fused-ring (bicyclic) bond motifs is 2. The molecule has 4 amide bonds. The van der Waals surface area contributed by atoms with Crippen LogP contribution in [0.25, 0.3) is 0 Å². The Hall–Kier alpha value is -8.03. The van der Waals surface area contributed by atoms with Crippen LogP contribution in [0.4, 0.5) is 42.5 Å². The van der Waals surface area contributed by atoms with Gasteiger partial charge in [0.15, 0.2) is 0 Å². The summed E-state index contributed by atoms with van der Waals surface area (Å²) in [5, 5.41) is 6.15. The third-order valence-electron chi connectivity index (χ3n) is 12.4. The zero-order valence-corrected chi connectivity index (χ0v) is 43.6. The second kappa shape index (κ2) is 28.4. The van der Waals surface area contributed by atoms with Crippen LogP contribution in [0, 0.1) is 0 Å². The van der Waals surface area contributed by atoms with E-state index in [1.807, 2.05) is 111 Å². The smallest absolute Gasteiger partial charge is 0.406 e. The molecule has 0 unspecified atom stereocenters. The molecule has 6 aromatic rings. The maximum atomic E-state index is 14.0. The number of carbonyl (C=O) groups is 3. The van der Waals surface area contributed by atoms with E-state index in [0.717, 1.165) is 67.0 Å². The molecule has 2 atom stereocenters. The number of aliphatic imine (C=N–C) groups is 1. The highest BCUT2D eigenvalue weighted by Crippen LogP contribution is 2.29. The molecule has 14 nitrogen and oxygen atoms in total. The van der Waals surface area contributed by atoms with Crippen molar-refractivity contribution in [2.24, 2.45) is 4.99 Å². The Morgan fingerprint density at radius 2 is 1.04 bits per heavy atom. The van der Waals surface area contributed by atoms with Crippen LogP contribution >= 0.6 is 0 Å². The fourth-order valence-corrected chi connectivity index (χ4v) is 8.51. The molecule has 6 aromatic carbocycles. The van der Waals surface area contributed by atoms with Gasteiger partial charge in [0.05, 0.1) is 11.7 Å². The quantitative estimate of drug-likeness (QED) is 0.0551. The minimum atomic E-state index is -4.81. The second-order valence-corrected chi connectivity index (χ2v) is 18.9. The number of benzene rings is 6. The van der Waals surface area contributed by atoms with Gasteiger partial charge in [0, 0.05) is 64.5 Å². The molecule has 0 spiro atoms. The van der Waals surface area contributed by atoms with Crippen LogP contribution < -0.4 is 20.1 Å². The van der Waals surface area contributed by atoms with Gasteiger partial charge in [-0.3, -0.25) is 9.59 Å². The standard InChI is InChI=1S/C29H31F3N4O3.C21H27N3O.C8H4F3NO2/c1-34(2)16-17-35(19-21-8-4-3-5-9-21)27(37)26-18-22-10-6-7-11-23(22)20-36(26)28(38)33-24-12-14-25(15-13-24)39-29(30,31)32;1-23(2)12-13-24(16-17-8-4-3-5-9-17)21(25)20-14-18-10-6-7-11-19(18)15-22-20;9-8(10,11)14-7-3-1-6(2-4-7)12-5-13/h3-15,26H,16-20H2,1-2H3,(H,33,38);3-11,20,22H,12-16H2,1-2H3;1-4H/t26-;20-;/m00./s1. The molecule has 78 heavy (non-hydrogen) atoms. The lowest BCUT2D eigenvalue weighted by molar-refractivity contribution is -0.275. The minimum absolute atomic E-state index is 0.138. The van der Waals surface area contributed by atoms with Gasteiger partial charge in [0.2, 0.25) is 17.9 Å². The Morgan fingerprint density at radius 1 is 0.590 bits per heavy atom.